The number of nitrogens with one attached hydrogen (secondary N) is 1. The molecule has 0 saturated heterocycles. The highest BCUT2D eigenvalue weighted by Crippen LogP contribution is 2.29. The molecule has 0 aliphatic carbocycles. The summed E-state index contributed by atoms with van der Waals surface area (Å²) in [4.78, 5) is 30.6. The molecule has 5 nitrogen and oxygen atoms in total. The van der Waals surface area contributed by atoms with Gasteiger partial charge in [0.2, 0.25) is 0 Å². The zero-order valence-corrected chi connectivity index (χ0v) is 18.6. The molecule has 1 N–H and O–H groups in total. The number of benzene rings is 2. The van der Waals surface area contributed by atoms with Crippen LogP contribution in [-0.2, 0) is 6.54 Å². The fourth-order valence-electron chi connectivity index (χ4n) is 3.73. The summed E-state index contributed by atoms with van der Waals surface area (Å²) in [6, 6.07) is 20.0. The van der Waals surface area contributed by atoms with Crippen LogP contribution in [0.5, 0.6) is 0 Å². The van der Waals surface area contributed by atoms with Gasteiger partial charge in [0.25, 0.3) is 5.91 Å². The molecule has 4 aromatic rings. The van der Waals surface area contributed by atoms with Crippen molar-refractivity contribution in [3.63, 3.8) is 0 Å². The van der Waals surface area contributed by atoms with E-state index in [2.05, 4.69) is 10.3 Å². The summed E-state index contributed by atoms with van der Waals surface area (Å²) >= 11 is 6.24. The van der Waals surface area contributed by atoms with E-state index in [1.807, 2.05) is 54.8 Å². The van der Waals surface area contributed by atoms with Crippen molar-refractivity contribution < 1.29 is 4.79 Å². The highest BCUT2D eigenvalue weighted by atomic mass is 35.5. The summed E-state index contributed by atoms with van der Waals surface area (Å²) in [5.41, 5.74) is 4.35. The van der Waals surface area contributed by atoms with Gasteiger partial charge in [-0.15, -0.1) is 0 Å². The van der Waals surface area contributed by atoms with E-state index < -0.39 is 5.91 Å². The Morgan fingerprint density at radius 2 is 1.69 bits per heavy atom. The van der Waals surface area contributed by atoms with Crippen LogP contribution in [0, 0.1) is 13.8 Å². The number of para-hydroxylation sites is 1. The first kappa shape index (κ1) is 21.5. The average molecular weight is 444 g/mol. The second-order valence-electron chi connectivity index (χ2n) is 7.56. The molecule has 6 heteroatoms. The zero-order valence-electron chi connectivity index (χ0n) is 17.8. The van der Waals surface area contributed by atoms with Gasteiger partial charge in [0.15, 0.2) is 5.43 Å². The van der Waals surface area contributed by atoms with Gasteiger partial charge >= 0.3 is 0 Å². The number of halogens is 1. The van der Waals surface area contributed by atoms with Crippen molar-refractivity contribution in [3.05, 3.63) is 117 Å². The molecular weight excluding hydrogens is 422 g/mol. The minimum atomic E-state index is -0.496. The molecule has 0 spiro atoms. The molecule has 0 fully saturated rings. The van der Waals surface area contributed by atoms with E-state index in [-0.39, 0.29) is 11.0 Å². The highest BCUT2D eigenvalue weighted by Gasteiger charge is 2.23. The number of anilines is 1. The van der Waals surface area contributed by atoms with Gasteiger partial charge in [-0.2, -0.15) is 0 Å². The van der Waals surface area contributed by atoms with Crippen LogP contribution < -0.4 is 10.7 Å². The Labute approximate surface area is 191 Å². The molecule has 32 heavy (non-hydrogen) atoms. The SMILES string of the molecule is Cc1ccccc1-c1c(C(=O)Nc2ccccc2Cl)c(=O)cc(C)n1Cc1ccncc1. The monoisotopic (exact) mass is 443 g/mol. The molecule has 0 bridgehead atoms. The van der Waals surface area contributed by atoms with E-state index >= 15 is 0 Å². The Morgan fingerprint density at radius 3 is 2.41 bits per heavy atom. The second kappa shape index (κ2) is 9.20. The Bertz CT molecular complexity index is 1350. The molecule has 4 rings (SSSR count). The fraction of sp³-hybridized carbons (Fsp3) is 0.115. The lowest BCUT2D eigenvalue weighted by Crippen LogP contribution is -2.27. The van der Waals surface area contributed by atoms with E-state index in [9.17, 15) is 9.59 Å². The van der Waals surface area contributed by atoms with Crippen LogP contribution >= 0.6 is 11.6 Å². The van der Waals surface area contributed by atoms with Crippen LogP contribution in [0.2, 0.25) is 5.02 Å². The Balaban J connectivity index is 1.94. The summed E-state index contributed by atoms with van der Waals surface area (Å²) < 4.78 is 2.00. The van der Waals surface area contributed by atoms with Crippen molar-refractivity contribution in [2.45, 2.75) is 20.4 Å². The smallest absolute Gasteiger partial charge is 0.261 e. The number of aromatic nitrogens is 2. The highest BCUT2D eigenvalue weighted by molar-refractivity contribution is 6.34. The van der Waals surface area contributed by atoms with Crippen molar-refractivity contribution in [1.82, 2.24) is 9.55 Å². The lowest BCUT2D eigenvalue weighted by atomic mass is 9.98. The van der Waals surface area contributed by atoms with Gasteiger partial charge in [0.05, 0.1) is 16.4 Å². The number of nitrogens with zero attached hydrogens (tertiary/aromatic N) is 2. The Morgan fingerprint density at radius 1 is 1.00 bits per heavy atom. The van der Waals surface area contributed by atoms with Gasteiger partial charge in [-0.1, -0.05) is 48.0 Å². The average Bonchev–Trinajstić information content (AvgIpc) is 2.78. The number of aryl methyl sites for hydroxylation is 2. The van der Waals surface area contributed by atoms with Gasteiger partial charge in [-0.25, -0.2) is 0 Å². The van der Waals surface area contributed by atoms with E-state index in [0.29, 0.717) is 22.9 Å². The first-order valence-corrected chi connectivity index (χ1v) is 10.6. The largest absolute Gasteiger partial charge is 0.340 e. The predicted octanol–water partition coefficient (Wildman–Crippen LogP) is 5.48. The van der Waals surface area contributed by atoms with Crippen LogP contribution in [0.4, 0.5) is 5.69 Å². The topological polar surface area (TPSA) is 64.0 Å². The molecule has 2 heterocycles. The summed E-state index contributed by atoms with van der Waals surface area (Å²) in [5.74, 6) is -0.496. The molecule has 0 aliphatic heterocycles. The summed E-state index contributed by atoms with van der Waals surface area (Å²) in [7, 11) is 0. The lowest BCUT2D eigenvalue weighted by Gasteiger charge is -2.21. The number of pyridine rings is 2. The molecule has 2 aromatic carbocycles. The standard InChI is InChI=1S/C26H22ClN3O2/c1-17-7-3-4-8-20(17)25-24(26(32)29-22-10-6-5-9-21(22)27)23(31)15-18(2)30(25)16-19-11-13-28-14-12-19/h3-15H,16H2,1-2H3,(H,29,32). The van der Waals surface area contributed by atoms with E-state index in [0.717, 1.165) is 22.4 Å². The van der Waals surface area contributed by atoms with Gasteiger partial charge in [-0.05, 0) is 49.2 Å². The molecule has 0 atom stereocenters. The van der Waals surface area contributed by atoms with Crippen molar-refractivity contribution in [3.8, 4) is 11.3 Å². The third-order valence-corrected chi connectivity index (χ3v) is 5.69. The third-order valence-electron chi connectivity index (χ3n) is 5.36. The molecule has 0 aliphatic rings. The van der Waals surface area contributed by atoms with E-state index in [1.165, 1.54) is 6.07 Å². The zero-order chi connectivity index (χ0) is 22.7. The number of carbonyl (C=O) groups excluding carboxylic acids is 1. The van der Waals surface area contributed by atoms with Crippen LogP contribution in [0.3, 0.4) is 0 Å². The molecule has 1 amide bonds. The van der Waals surface area contributed by atoms with Crippen LogP contribution in [0.25, 0.3) is 11.3 Å². The van der Waals surface area contributed by atoms with Crippen LogP contribution in [0.1, 0.15) is 27.2 Å². The molecule has 0 saturated carbocycles. The van der Waals surface area contributed by atoms with Crippen LogP contribution in [-0.4, -0.2) is 15.5 Å². The molecule has 2 aromatic heterocycles. The van der Waals surface area contributed by atoms with Crippen LogP contribution in [0.15, 0.2) is 83.9 Å². The van der Waals surface area contributed by atoms with Crippen molar-refractivity contribution >= 4 is 23.2 Å². The number of rotatable bonds is 5. The van der Waals surface area contributed by atoms with Crippen molar-refractivity contribution in [1.29, 1.82) is 0 Å². The molecule has 160 valence electrons. The van der Waals surface area contributed by atoms with Crippen molar-refractivity contribution in [2.24, 2.45) is 0 Å². The maximum absolute atomic E-state index is 13.4. The predicted molar refractivity (Wildman–Crippen MR) is 128 cm³/mol. The van der Waals surface area contributed by atoms with Gasteiger partial charge in [-0.3, -0.25) is 14.6 Å². The quantitative estimate of drug-likeness (QED) is 0.444. The number of hydrogen-bond donors (Lipinski definition) is 1. The number of amides is 1. The van der Waals surface area contributed by atoms with Crippen molar-refractivity contribution in [2.75, 3.05) is 5.32 Å². The summed E-state index contributed by atoms with van der Waals surface area (Å²) in [5, 5.41) is 3.22. The van der Waals surface area contributed by atoms with Gasteiger partial charge in [0.1, 0.15) is 5.56 Å². The maximum Gasteiger partial charge on any atom is 0.261 e. The minimum absolute atomic E-state index is 0.0823. The lowest BCUT2D eigenvalue weighted by molar-refractivity contribution is 0.102. The minimum Gasteiger partial charge on any atom is -0.340 e. The second-order valence-corrected chi connectivity index (χ2v) is 7.97. The maximum atomic E-state index is 13.4. The third kappa shape index (κ3) is 4.34. The van der Waals surface area contributed by atoms with Gasteiger partial charge < -0.3 is 9.88 Å². The van der Waals surface area contributed by atoms with E-state index in [1.54, 1.807) is 36.7 Å². The summed E-state index contributed by atoms with van der Waals surface area (Å²) in [6.45, 7) is 4.33. The van der Waals surface area contributed by atoms with Gasteiger partial charge in [0, 0.05) is 36.3 Å². The normalized spacial score (nSPS) is 10.7. The van der Waals surface area contributed by atoms with E-state index in [4.69, 9.17) is 11.6 Å². The Hall–Kier alpha value is -3.70. The summed E-state index contributed by atoms with van der Waals surface area (Å²) in [6.07, 6.45) is 3.46. The number of carbonyl (C=O) groups is 1. The molecule has 0 unspecified atom stereocenters. The first-order valence-electron chi connectivity index (χ1n) is 10.2. The Kier molecular flexibility index (Phi) is 6.19. The fourth-order valence-corrected chi connectivity index (χ4v) is 3.91. The molecule has 0 radical (unpaired) electrons. The molecular formula is C26H22ClN3O2. The first-order chi connectivity index (χ1) is 15.5. The number of hydrogen-bond acceptors (Lipinski definition) is 3.